The van der Waals surface area contributed by atoms with E-state index in [-0.39, 0.29) is 16.7 Å². The third kappa shape index (κ3) is 4.93. The van der Waals surface area contributed by atoms with Crippen molar-refractivity contribution < 1.29 is 13.2 Å². The summed E-state index contributed by atoms with van der Waals surface area (Å²) in [5.74, 6) is -0.381. The van der Waals surface area contributed by atoms with E-state index in [0.29, 0.717) is 4.34 Å². The van der Waals surface area contributed by atoms with E-state index >= 15 is 0 Å². The summed E-state index contributed by atoms with van der Waals surface area (Å²) in [6.07, 6.45) is 0. The molecule has 0 spiro atoms. The van der Waals surface area contributed by atoms with Crippen LogP contribution in [0.1, 0.15) is 20.8 Å². The molecule has 1 heterocycles. The lowest BCUT2D eigenvalue weighted by Crippen LogP contribution is -2.45. The van der Waals surface area contributed by atoms with Crippen molar-refractivity contribution >= 4 is 38.9 Å². The van der Waals surface area contributed by atoms with Gasteiger partial charge in [-0.25, -0.2) is 13.1 Å². The van der Waals surface area contributed by atoms with Gasteiger partial charge in [-0.15, -0.1) is 11.3 Å². The lowest BCUT2D eigenvalue weighted by atomic mass is 10.1. The lowest BCUT2D eigenvalue weighted by Gasteiger charge is -2.20. The Morgan fingerprint density at radius 3 is 2.44 bits per heavy atom. The summed E-state index contributed by atoms with van der Waals surface area (Å²) < 4.78 is 26.3. The Morgan fingerprint density at radius 2 is 2.00 bits per heavy atom. The molecule has 18 heavy (non-hydrogen) atoms. The van der Waals surface area contributed by atoms with Crippen molar-refractivity contribution in [2.45, 2.75) is 30.5 Å². The average molecular weight is 311 g/mol. The molecule has 0 saturated carbocycles. The number of halogens is 1. The highest BCUT2D eigenvalue weighted by atomic mass is 35.5. The largest absolute Gasteiger partial charge is 0.350 e. The standard InChI is InChI=1S/C10H15ClN2O3S2/c1-10(2,3)13-8(14)6-12-18(15,16)9-5-4-7(11)17-9/h4-5,12H,6H2,1-3H3,(H,13,14). The highest BCUT2D eigenvalue weighted by Gasteiger charge is 2.19. The fourth-order valence-corrected chi connectivity index (χ4v) is 3.65. The van der Waals surface area contributed by atoms with Crippen molar-refractivity contribution in [2.24, 2.45) is 0 Å². The Bertz CT molecular complexity index is 532. The minimum atomic E-state index is -3.67. The molecular weight excluding hydrogens is 296 g/mol. The molecule has 0 aromatic carbocycles. The Kier molecular flexibility index (Phi) is 4.77. The van der Waals surface area contributed by atoms with E-state index in [1.54, 1.807) is 0 Å². The number of sulfonamides is 1. The molecule has 2 N–H and O–H groups in total. The summed E-state index contributed by atoms with van der Waals surface area (Å²) in [6.45, 7) is 5.16. The first-order valence-electron chi connectivity index (χ1n) is 5.16. The van der Waals surface area contributed by atoms with Crippen LogP contribution in [0.5, 0.6) is 0 Å². The highest BCUT2D eigenvalue weighted by Crippen LogP contribution is 2.25. The number of thiophene rings is 1. The van der Waals surface area contributed by atoms with Crippen LogP contribution in [0, 0.1) is 0 Å². The van der Waals surface area contributed by atoms with Gasteiger partial charge in [-0.1, -0.05) is 11.6 Å². The Morgan fingerprint density at radius 1 is 1.39 bits per heavy atom. The first-order valence-corrected chi connectivity index (χ1v) is 7.84. The number of carbonyl (C=O) groups excluding carboxylic acids is 1. The molecule has 0 fully saturated rings. The van der Waals surface area contributed by atoms with E-state index in [9.17, 15) is 13.2 Å². The third-order valence-electron chi connectivity index (χ3n) is 1.75. The molecule has 5 nitrogen and oxygen atoms in total. The van der Waals surface area contributed by atoms with Gasteiger partial charge in [0.1, 0.15) is 4.21 Å². The number of hydrogen-bond acceptors (Lipinski definition) is 4. The van der Waals surface area contributed by atoms with Crippen molar-refractivity contribution in [3.8, 4) is 0 Å². The SMILES string of the molecule is CC(C)(C)NC(=O)CNS(=O)(=O)c1ccc(Cl)s1. The average Bonchev–Trinajstić information content (AvgIpc) is 2.60. The fourth-order valence-electron chi connectivity index (χ4n) is 1.14. The van der Waals surface area contributed by atoms with E-state index in [0.717, 1.165) is 11.3 Å². The fraction of sp³-hybridized carbons (Fsp3) is 0.500. The maximum Gasteiger partial charge on any atom is 0.250 e. The van der Waals surface area contributed by atoms with Gasteiger partial charge < -0.3 is 5.32 Å². The summed E-state index contributed by atoms with van der Waals surface area (Å²) in [5.41, 5.74) is -0.394. The molecular formula is C10H15ClN2O3S2. The van der Waals surface area contributed by atoms with Gasteiger partial charge in [0.05, 0.1) is 10.9 Å². The lowest BCUT2D eigenvalue weighted by molar-refractivity contribution is -0.121. The molecule has 102 valence electrons. The predicted octanol–water partition coefficient (Wildman–Crippen LogP) is 1.59. The van der Waals surface area contributed by atoms with Gasteiger partial charge in [0.2, 0.25) is 5.91 Å². The quantitative estimate of drug-likeness (QED) is 0.887. The monoisotopic (exact) mass is 310 g/mol. The topological polar surface area (TPSA) is 75.3 Å². The van der Waals surface area contributed by atoms with Crippen LogP contribution in [0.4, 0.5) is 0 Å². The smallest absolute Gasteiger partial charge is 0.250 e. The van der Waals surface area contributed by atoms with Crippen LogP contribution in [-0.2, 0) is 14.8 Å². The van der Waals surface area contributed by atoms with Crippen molar-refractivity contribution in [1.82, 2.24) is 10.0 Å². The minimum Gasteiger partial charge on any atom is -0.350 e. The molecule has 1 aromatic heterocycles. The van der Waals surface area contributed by atoms with Crippen LogP contribution in [-0.4, -0.2) is 26.4 Å². The highest BCUT2D eigenvalue weighted by molar-refractivity contribution is 7.91. The van der Waals surface area contributed by atoms with E-state index < -0.39 is 15.6 Å². The van der Waals surface area contributed by atoms with Crippen molar-refractivity contribution in [1.29, 1.82) is 0 Å². The Hall–Kier alpha value is -0.630. The van der Waals surface area contributed by atoms with Gasteiger partial charge >= 0.3 is 0 Å². The second-order valence-electron chi connectivity index (χ2n) is 4.68. The van der Waals surface area contributed by atoms with Gasteiger partial charge in [0, 0.05) is 5.54 Å². The molecule has 0 aliphatic heterocycles. The minimum absolute atomic E-state index is 0.0936. The first-order chi connectivity index (χ1) is 8.10. The zero-order valence-corrected chi connectivity index (χ0v) is 12.7. The van der Waals surface area contributed by atoms with Crippen molar-refractivity contribution in [3.05, 3.63) is 16.5 Å². The molecule has 0 aliphatic rings. The third-order valence-corrected chi connectivity index (χ3v) is 4.87. The van der Waals surface area contributed by atoms with Crippen LogP contribution < -0.4 is 10.0 Å². The molecule has 8 heteroatoms. The van der Waals surface area contributed by atoms with Crippen LogP contribution in [0.25, 0.3) is 0 Å². The molecule has 0 unspecified atom stereocenters. The molecule has 0 saturated heterocycles. The van der Waals surface area contributed by atoms with E-state index in [2.05, 4.69) is 10.0 Å². The van der Waals surface area contributed by atoms with Crippen LogP contribution >= 0.6 is 22.9 Å². The number of nitrogens with one attached hydrogen (secondary N) is 2. The van der Waals surface area contributed by atoms with Crippen molar-refractivity contribution in [3.63, 3.8) is 0 Å². The normalized spacial score (nSPS) is 12.4. The maximum atomic E-state index is 11.8. The molecule has 1 rings (SSSR count). The first kappa shape index (κ1) is 15.4. The second-order valence-corrected chi connectivity index (χ2v) is 8.39. The Balaban J connectivity index is 2.61. The van der Waals surface area contributed by atoms with Crippen LogP contribution in [0.3, 0.4) is 0 Å². The number of hydrogen-bond donors (Lipinski definition) is 2. The van der Waals surface area contributed by atoms with Crippen LogP contribution in [0.15, 0.2) is 16.3 Å². The maximum absolute atomic E-state index is 11.8. The van der Waals surface area contributed by atoms with Crippen molar-refractivity contribution in [2.75, 3.05) is 6.54 Å². The Labute approximate surface area is 116 Å². The summed E-state index contributed by atoms with van der Waals surface area (Å²) in [5, 5.41) is 2.66. The molecule has 0 aliphatic carbocycles. The summed E-state index contributed by atoms with van der Waals surface area (Å²) >= 11 is 6.61. The van der Waals surface area contributed by atoms with E-state index in [4.69, 9.17) is 11.6 Å². The van der Waals surface area contributed by atoms with E-state index in [1.165, 1.54) is 12.1 Å². The van der Waals surface area contributed by atoms with Crippen LogP contribution in [0.2, 0.25) is 4.34 Å². The summed E-state index contributed by atoms with van der Waals surface area (Å²) in [7, 11) is -3.67. The number of rotatable bonds is 4. The van der Waals surface area contributed by atoms with Gasteiger partial charge in [0.15, 0.2) is 0 Å². The van der Waals surface area contributed by atoms with Gasteiger partial charge in [0.25, 0.3) is 10.0 Å². The number of carbonyl (C=O) groups is 1. The number of amides is 1. The zero-order chi connectivity index (χ0) is 14.0. The summed E-state index contributed by atoms with van der Waals surface area (Å²) in [6, 6.07) is 2.90. The second kappa shape index (κ2) is 5.56. The predicted molar refractivity (Wildman–Crippen MR) is 72.4 cm³/mol. The van der Waals surface area contributed by atoms with E-state index in [1.807, 2.05) is 20.8 Å². The zero-order valence-electron chi connectivity index (χ0n) is 10.3. The molecule has 1 amide bonds. The molecule has 0 bridgehead atoms. The van der Waals surface area contributed by atoms with Gasteiger partial charge in [-0.05, 0) is 32.9 Å². The summed E-state index contributed by atoms with van der Waals surface area (Å²) in [4.78, 5) is 11.5. The molecule has 0 radical (unpaired) electrons. The molecule has 1 aromatic rings. The van der Waals surface area contributed by atoms with Gasteiger partial charge in [-0.3, -0.25) is 4.79 Å². The van der Waals surface area contributed by atoms with Gasteiger partial charge in [-0.2, -0.15) is 0 Å². The molecule has 0 atom stereocenters.